The van der Waals surface area contributed by atoms with Gasteiger partial charge in [-0.3, -0.25) is 9.69 Å². The van der Waals surface area contributed by atoms with Gasteiger partial charge in [-0.2, -0.15) is 4.99 Å². The van der Waals surface area contributed by atoms with Crippen LogP contribution in [0, 0.1) is 0 Å². The van der Waals surface area contributed by atoms with Gasteiger partial charge in [0.25, 0.3) is 5.91 Å². The number of guanidine groups is 2. The van der Waals surface area contributed by atoms with Gasteiger partial charge in [-0.05, 0) is 62.9 Å². The molecule has 7 heteroatoms. The topological polar surface area (TPSA) is 100 Å². The van der Waals surface area contributed by atoms with E-state index in [0.29, 0.717) is 18.1 Å². The highest BCUT2D eigenvalue weighted by Gasteiger charge is 2.42. The lowest BCUT2D eigenvalue weighted by atomic mass is 9.87. The van der Waals surface area contributed by atoms with E-state index in [9.17, 15) is 4.79 Å². The molecule has 1 heterocycles. The normalized spacial score (nSPS) is 18.0. The molecule has 1 fully saturated rings. The summed E-state index contributed by atoms with van der Waals surface area (Å²) in [6.45, 7) is 2.55. The number of rotatable bonds is 4. The molecule has 1 aliphatic carbocycles. The van der Waals surface area contributed by atoms with Crippen molar-refractivity contribution in [3.8, 4) is 0 Å². The summed E-state index contributed by atoms with van der Waals surface area (Å²) >= 11 is 0. The lowest BCUT2D eigenvalue weighted by molar-refractivity contribution is 0.0988. The van der Waals surface area contributed by atoms with Crippen molar-refractivity contribution in [1.82, 2.24) is 0 Å². The Balaban J connectivity index is 1.70. The maximum atomic E-state index is 13.3. The molecule has 0 aromatic heterocycles. The molecule has 2 aromatic rings. The highest BCUT2D eigenvalue weighted by atomic mass is 16.2. The molecule has 0 radical (unpaired) electrons. The Bertz CT molecular complexity index is 978. The molecule has 2 aliphatic rings. The van der Waals surface area contributed by atoms with Crippen molar-refractivity contribution in [2.24, 2.45) is 21.5 Å². The third-order valence-electron chi connectivity index (χ3n) is 5.83. The second kappa shape index (κ2) is 8.18. The molecule has 4 N–H and O–H groups in total. The van der Waals surface area contributed by atoms with E-state index >= 15 is 0 Å². The number of anilines is 2. The molecule has 30 heavy (non-hydrogen) atoms. The Morgan fingerprint density at radius 3 is 2.50 bits per heavy atom. The minimum Gasteiger partial charge on any atom is -0.369 e. The van der Waals surface area contributed by atoms with Crippen molar-refractivity contribution >= 4 is 29.2 Å². The molecule has 0 atom stereocenters. The van der Waals surface area contributed by atoms with Gasteiger partial charge >= 0.3 is 0 Å². The van der Waals surface area contributed by atoms with Crippen molar-refractivity contribution in [2.75, 3.05) is 16.3 Å². The predicted molar refractivity (Wildman–Crippen MR) is 122 cm³/mol. The molecule has 1 saturated carbocycles. The summed E-state index contributed by atoms with van der Waals surface area (Å²) in [5, 5.41) is 0. The van der Waals surface area contributed by atoms with E-state index in [-0.39, 0.29) is 11.9 Å². The maximum Gasteiger partial charge on any atom is 0.258 e. The van der Waals surface area contributed by atoms with Crippen LogP contribution in [0.2, 0.25) is 0 Å². The van der Waals surface area contributed by atoms with Gasteiger partial charge in [0.15, 0.2) is 0 Å². The van der Waals surface area contributed by atoms with Gasteiger partial charge in [0.2, 0.25) is 11.9 Å². The number of para-hydroxylation sites is 1. The summed E-state index contributed by atoms with van der Waals surface area (Å²) < 4.78 is 0. The summed E-state index contributed by atoms with van der Waals surface area (Å²) in [5.74, 6) is 0.488. The Hall–Kier alpha value is -3.35. The number of nitrogens with two attached hydrogens (primary N) is 2. The minimum atomic E-state index is -0.528. The highest BCUT2D eigenvalue weighted by Crippen LogP contribution is 2.39. The fraction of sp³-hybridized carbons (Fsp3) is 0.348. The molecule has 0 bridgehead atoms. The molecule has 0 unspecified atom stereocenters. The molecular formula is C23H28N6O. The van der Waals surface area contributed by atoms with Crippen molar-refractivity contribution < 1.29 is 4.79 Å². The Morgan fingerprint density at radius 1 is 1.07 bits per heavy atom. The minimum absolute atomic E-state index is 0.0567. The van der Waals surface area contributed by atoms with Crippen LogP contribution in [-0.4, -0.2) is 30.0 Å². The van der Waals surface area contributed by atoms with Crippen molar-refractivity contribution in [2.45, 2.75) is 44.7 Å². The van der Waals surface area contributed by atoms with E-state index in [1.165, 1.54) is 6.42 Å². The number of carbonyl (C=O) groups is 1. The molecule has 4 rings (SSSR count). The first-order valence-corrected chi connectivity index (χ1v) is 10.5. The number of amides is 1. The Kier molecular flexibility index (Phi) is 5.44. The largest absolute Gasteiger partial charge is 0.369 e. The van der Waals surface area contributed by atoms with Gasteiger partial charge in [-0.25, -0.2) is 4.99 Å². The first-order chi connectivity index (χ1) is 14.5. The highest BCUT2D eigenvalue weighted by molar-refractivity contribution is 6.09. The summed E-state index contributed by atoms with van der Waals surface area (Å²) in [6.07, 6.45) is 4.98. The second-order valence-electron chi connectivity index (χ2n) is 7.75. The number of hydrogen-bond donors (Lipinski definition) is 2. The number of benzene rings is 2. The van der Waals surface area contributed by atoms with Crippen molar-refractivity contribution in [3.05, 3.63) is 60.2 Å². The SMILES string of the molecule is CCN(C(=O)c1cccc(N2C(N)=NC(N)=NC23CCCCC3)c1)c1ccccc1. The van der Waals surface area contributed by atoms with E-state index in [1.807, 2.05) is 66.4 Å². The van der Waals surface area contributed by atoms with E-state index in [1.54, 1.807) is 4.90 Å². The number of aliphatic imine (C=N–C) groups is 2. The maximum absolute atomic E-state index is 13.3. The lowest BCUT2D eigenvalue weighted by Crippen LogP contribution is -2.58. The molecule has 2 aromatic carbocycles. The number of carbonyl (C=O) groups excluding carboxylic acids is 1. The first kappa shape index (κ1) is 19.9. The average molecular weight is 405 g/mol. The zero-order valence-electron chi connectivity index (χ0n) is 17.3. The molecule has 1 amide bonds. The molecule has 1 spiro atoms. The fourth-order valence-corrected chi connectivity index (χ4v) is 4.48. The zero-order valence-corrected chi connectivity index (χ0v) is 17.3. The van der Waals surface area contributed by atoms with Crippen LogP contribution in [0.5, 0.6) is 0 Å². The summed E-state index contributed by atoms with van der Waals surface area (Å²) in [7, 11) is 0. The van der Waals surface area contributed by atoms with Gasteiger partial charge in [-0.15, -0.1) is 0 Å². The van der Waals surface area contributed by atoms with E-state index in [4.69, 9.17) is 16.5 Å². The van der Waals surface area contributed by atoms with Crippen LogP contribution in [0.3, 0.4) is 0 Å². The van der Waals surface area contributed by atoms with Gasteiger partial charge in [-0.1, -0.05) is 30.7 Å². The van der Waals surface area contributed by atoms with Crippen molar-refractivity contribution in [1.29, 1.82) is 0 Å². The molecular weight excluding hydrogens is 376 g/mol. The van der Waals surface area contributed by atoms with Crippen molar-refractivity contribution in [3.63, 3.8) is 0 Å². The van der Waals surface area contributed by atoms with Gasteiger partial charge in [0.05, 0.1) is 0 Å². The number of nitrogens with zero attached hydrogens (tertiary/aromatic N) is 4. The lowest BCUT2D eigenvalue weighted by Gasteiger charge is -2.45. The van der Waals surface area contributed by atoms with E-state index in [2.05, 4.69) is 4.99 Å². The fourth-order valence-electron chi connectivity index (χ4n) is 4.48. The second-order valence-corrected chi connectivity index (χ2v) is 7.75. The van der Waals surface area contributed by atoms with Gasteiger partial charge in [0, 0.05) is 23.5 Å². The van der Waals surface area contributed by atoms with Crippen LogP contribution in [0.4, 0.5) is 11.4 Å². The van der Waals surface area contributed by atoms with Crippen LogP contribution >= 0.6 is 0 Å². The quantitative estimate of drug-likeness (QED) is 0.815. The van der Waals surface area contributed by atoms with Crippen LogP contribution in [0.1, 0.15) is 49.4 Å². The molecule has 156 valence electrons. The van der Waals surface area contributed by atoms with E-state index in [0.717, 1.165) is 37.1 Å². The first-order valence-electron chi connectivity index (χ1n) is 10.5. The predicted octanol–water partition coefficient (Wildman–Crippen LogP) is 3.46. The zero-order chi connectivity index (χ0) is 21.1. The summed E-state index contributed by atoms with van der Waals surface area (Å²) in [6, 6.07) is 17.2. The van der Waals surface area contributed by atoms with Crippen LogP contribution in [0.25, 0.3) is 0 Å². The standard InChI is InChI=1S/C23H28N6O/c1-2-28(18-11-5-3-6-12-18)20(30)17-10-9-13-19(16-17)29-22(25)26-21(24)27-23(29)14-7-4-8-15-23/h3,5-6,9-13,16H,2,4,7-8,14-15H2,1H3,(H4,24,25,26,27). The Morgan fingerprint density at radius 2 is 1.80 bits per heavy atom. The number of hydrogen-bond acceptors (Lipinski definition) is 6. The van der Waals surface area contributed by atoms with Crippen LogP contribution in [-0.2, 0) is 0 Å². The summed E-state index contributed by atoms with van der Waals surface area (Å²) in [5.41, 5.74) is 14.0. The van der Waals surface area contributed by atoms with Gasteiger partial charge in [0.1, 0.15) is 5.66 Å². The third kappa shape index (κ3) is 3.63. The Labute approximate surface area is 177 Å². The smallest absolute Gasteiger partial charge is 0.258 e. The molecule has 7 nitrogen and oxygen atoms in total. The summed E-state index contributed by atoms with van der Waals surface area (Å²) in [4.78, 5) is 26.0. The third-order valence-corrected chi connectivity index (χ3v) is 5.83. The van der Waals surface area contributed by atoms with Crippen LogP contribution in [0.15, 0.2) is 64.6 Å². The monoisotopic (exact) mass is 404 g/mol. The molecule has 0 saturated heterocycles. The molecule has 1 aliphatic heterocycles. The van der Waals surface area contributed by atoms with Crippen LogP contribution < -0.4 is 21.3 Å². The van der Waals surface area contributed by atoms with E-state index < -0.39 is 5.66 Å². The van der Waals surface area contributed by atoms with Gasteiger partial charge < -0.3 is 16.4 Å². The average Bonchev–Trinajstić information content (AvgIpc) is 2.75.